The number of carbonyl (C=O) groups excluding carboxylic acids is 1. The molecular weight excluding hydrogens is 251 g/mol. The van der Waals surface area contributed by atoms with Crippen molar-refractivity contribution in [1.82, 2.24) is 5.43 Å². The predicted molar refractivity (Wildman–Crippen MR) is 63.9 cm³/mol. The van der Waals surface area contributed by atoms with Gasteiger partial charge < -0.3 is 5.11 Å². The number of aliphatic hydroxyl groups excluding tert-OH is 1. The van der Waals surface area contributed by atoms with Crippen LogP contribution >= 0.6 is 23.2 Å². The molecule has 0 fully saturated rings. The number of benzene rings is 1. The number of nitrogens with one attached hydrogen (secondary N) is 1. The monoisotopic (exact) mass is 260 g/mol. The first-order chi connectivity index (χ1) is 7.52. The second-order valence-electron chi connectivity index (χ2n) is 3.05. The number of halogens is 2. The Kier molecular flexibility index (Phi) is 4.73. The average Bonchev–Trinajstić information content (AvgIpc) is 2.24. The maximum Gasteiger partial charge on any atom is 0.268 e. The molecule has 1 amide bonds. The summed E-state index contributed by atoms with van der Waals surface area (Å²) in [7, 11) is 0. The molecule has 0 bridgehead atoms. The minimum Gasteiger partial charge on any atom is -0.383 e. The Morgan fingerprint density at radius 2 is 2.25 bits per heavy atom. The standard InChI is InChI=1S/C10H10Cl2N2O2/c1-6(15)10(16)14-13-5-7-3-2-4-8(11)9(7)12/h2-6,15H,1H3,(H,14,16)/b13-5-/t6-/m0/s1. The molecule has 2 N–H and O–H groups in total. The minimum atomic E-state index is -1.10. The molecule has 0 unspecified atom stereocenters. The van der Waals surface area contributed by atoms with Crippen LogP contribution in [0.5, 0.6) is 0 Å². The van der Waals surface area contributed by atoms with E-state index in [1.54, 1.807) is 18.2 Å². The molecule has 1 aromatic rings. The molecule has 0 heterocycles. The molecule has 4 nitrogen and oxygen atoms in total. The number of rotatable bonds is 3. The van der Waals surface area contributed by atoms with E-state index in [0.717, 1.165) is 0 Å². The lowest BCUT2D eigenvalue weighted by Crippen LogP contribution is -2.28. The maximum atomic E-state index is 11.0. The fraction of sp³-hybridized carbons (Fsp3) is 0.200. The Labute approximate surface area is 103 Å². The van der Waals surface area contributed by atoms with Crippen molar-refractivity contribution < 1.29 is 9.90 Å². The second-order valence-corrected chi connectivity index (χ2v) is 3.84. The van der Waals surface area contributed by atoms with Gasteiger partial charge in [0.2, 0.25) is 0 Å². The van der Waals surface area contributed by atoms with Gasteiger partial charge >= 0.3 is 0 Å². The normalized spacial score (nSPS) is 12.8. The van der Waals surface area contributed by atoms with E-state index in [1.807, 2.05) is 0 Å². The predicted octanol–water partition coefficient (Wildman–Crippen LogP) is 1.82. The number of hydrazone groups is 1. The van der Waals surface area contributed by atoms with Crippen molar-refractivity contribution in [3.05, 3.63) is 33.8 Å². The number of nitrogens with zero attached hydrogens (tertiary/aromatic N) is 1. The first kappa shape index (κ1) is 13.0. The summed E-state index contributed by atoms with van der Waals surface area (Å²) in [6, 6.07) is 5.06. The Bertz CT molecular complexity index is 419. The molecular formula is C10H10Cl2N2O2. The zero-order valence-corrected chi connectivity index (χ0v) is 9.96. The lowest BCUT2D eigenvalue weighted by molar-refractivity contribution is -0.128. The van der Waals surface area contributed by atoms with Crippen LogP contribution < -0.4 is 5.43 Å². The van der Waals surface area contributed by atoms with Crippen LogP contribution in [0, 0.1) is 0 Å². The molecule has 1 aromatic carbocycles. The van der Waals surface area contributed by atoms with E-state index in [1.165, 1.54) is 13.1 Å². The fourth-order valence-corrected chi connectivity index (χ4v) is 1.24. The van der Waals surface area contributed by atoms with Crippen molar-refractivity contribution in [1.29, 1.82) is 0 Å². The topological polar surface area (TPSA) is 61.7 Å². The third-order valence-corrected chi connectivity index (χ3v) is 2.57. The average molecular weight is 261 g/mol. The van der Waals surface area contributed by atoms with Crippen LogP contribution in [0.3, 0.4) is 0 Å². The van der Waals surface area contributed by atoms with Crippen LogP contribution in [-0.4, -0.2) is 23.3 Å². The Morgan fingerprint density at radius 1 is 1.56 bits per heavy atom. The van der Waals surface area contributed by atoms with Gasteiger partial charge in [-0.1, -0.05) is 35.3 Å². The Morgan fingerprint density at radius 3 is 2.88 bits per heavy atom. The number of carbonyl (C=O) groups is 1. The molecule has 0 radical (unpaired) electrons. The summed E-state index contributed by atoms with van der Waals surface area (Å²) in [5, 5.41) is 13.3. The SMILES string of the molecule is C[C@H](O)C(=O)N/N=C\c1cccc(Cl)c1Cl. The third-order valence-electron chi connectivity index (χ3n) is 1.74. The molecule has 1 atom stereocenters. The smallest absolute Gasteiger partial charge is 0.268 e. The van der Waals surface area contributed by atoms with Crippen molar-refractivity contribution in [3.8, 4) is 0 Å². The molecule has 86 valence electrons. The summed E-state index contributed by atoms with van der Waals surface area (Å²) in [5.41, 5.74) is 2.74. The molecule has 0 aliphatic carbocycles. The Balaban J connectivity index is 2.70. The lowest BCUT2D eigenvalue weighted by Gasteiger charge is -2.02. The van der Waals surface area contributed by atoms with Crippen LogP contribution in [0.1, 0.15) is 12.5 Å². The highest BCUT2D eigenvalue weighted by Gasteiger charge is 2.06. The van der Waals surface area contributed by atoms with Gasteiger partial charge in [0.05, 0.1) is 16.3 Å². The highest BCUT2D eigenvalue weighted by atomic mass is 35.5. The minimum absolute atomic E-state index is 0.360. The summed E-state index contributed by atoms with van der Waals surface area (Å²) in [5.74, 6) is -0.589. The van der Waals surface area contributed by atoms with Gasteiger partial charge in [0.15, 0.2) is 0 Å². The molecule has 0 spiro atoms. The number of amides is 1. The summed E-state index contributed by atoms with van der Waals surface area (Å²) in [4.78, 5) is 11.0. The summed E-state index contributed by atoms with van der Waals surface area (Å²) in [6.45, 7) is 1.34. The van der Waals surface area contributed by atoms with Gasteiger partial charge in [-0.15, -0.1) is 0 Å². The maximum absolute atomic E-state index is 11.0. The number of hydrogen-bond acceptors (Lipinski definition) is 3. The zero-order chi connectivity index (χ0) is 12.1. The molecule has 1 rings (SSSR count). The third kappa shape index (κ3) is 3.48. The number of hydrogen-bond donors (Lipinski definition) is 2. The molecule has 0 aliphatic rings. The van der Waals surface area contributed by atoms with Gasteiger partial charge in [-0.05, 0) is 13.0 Å². The van der Waals surface area contributed by atoms with E-state index in [-0.39, 0.29) is 0 Å². The van der Waals surface area contributed by atoms with Gasteiger partial charge in [-0.2, -0.15) is 5.10 Å². The first-order valence-corrected chi connectivity index (χ1v) is 5.23. The zero-order valence-electron chi connectivity index (χ0n) is 8.45. The molecule has 0 aromatic heterocycles. The van der Waals surface area contributed by atoms with E-state index in [9.17, 15) is 4.79 Å². The van der Waals surface area contributed by atoms with Gasteiger partial charge in [0, 0.05) is 5.56 Å². The van der Waals surface area contributed by atoms with Crippen molar-refractivity contribution in [2.45, 2.75) is 13.0 Å². The molecule has 6 heteroatoms. The second kappa shape index (κ2) is 5.84. The van der Waals surface area contributed by atoms with Gasteiger partial charge in [-0.3, -0.25) is 4.79 Å². The highest BCUT2D eigenvalue weighted by molar-refractivity contribution is 6.43. The van der Waals surface area contributed by atoms with E-state index < -0.39 is 12.0 Å². The Hall–Kier alpha value is -1.10. The lowest BCUT2D eigenvalue weighted by atomic mass is 10.2. The van der Waals surface area contributed by atoms with Crippen molar-refractivity contribution in [3.63, 3.8) is 0 Å². The van der Waals surface area contributed by atoms with E-state index in [0.29, 0.717) is 15.6 Å². The highest BCUT2D eigenvalue weighted by Crippen LogP contribution is 2.23. The van der Waals surface area contributed by atoms with Crippen LogP contribution in [0.15, 0.2) is 23.3 Å². The molecule has 0 saturated carbocycles. The fourth-order valence-electron chi connectivity index (χ4n) is 0.879. The van der Waals surface area contributed by atoms with Crippen molar-refractivity contribution in [2.75, 3.05) is 0 Å². The van der Waals surface area contributed by atoms with Gasteiger partial charge in [0.25, 0.3) is 5.91 Å². The van der Waals surface area contributed by atoms with E-state index in [2.05, 4.69) is 10.5 Å². The van der Waals surface area contributed by atoms with Crippen molar-refractivity contribution >= 4 is 35.3 Å². The number of aliphatic hydroxyl groups is 1. The largest absolute Gasteiger partial charge is 0.383 e. The van der Waals surface area contributed by atoms with E-state index in [4.69, 9.17) is 28.3 Å². The summed E-state index contributed by atoms with van der Waals surface area (Å²) >= 11 is 11.7. The van der Waals surface area contributed by atoms with Crippen LogP contribution in [0.4, 0.5) is 0 Å². The van der Waals surface area contributed by atoms with Crippen LogP contribution in [0.25, 0.3) is 0 Å². The van der Waals surface area contributed by atoms with E-state index >= 15 is 0 Å². The van der Waals surface area contributed by atoms with Gasteiger partial charge in [-0.25, -0.2) is 5.43 Å². The molecule has 0 saturated heterocycles. The first-order valence-electron chi connectivity index (χ1n) is 4.47. The summed E-state index contributed by atoms with van der Waals surface area (Å²) < 4.78 is 0. The molecule has 0 aliphatic heterocycles. The van der Waals surface area contributed by atoms with Crippen LogP contribution in [-0.2, 0) is 4.79 Å². The quantitative estimate of drug-likeness (QED) is 0.644. The summed E-state index contributed by atoms with van der Waals surface area (Å²) in [6.07, 6.45) is 0.251. The van der Waals surface area contributed by atoms with Crippen LogP contribution in [0.2, 0.25) is 10.0 Å². The van der Waals surface area contributed by atoms with Crippen molar-refractivity contribution in [2.24, 2.45) is 5.10 Å². The van der Waals surface area contributed by atoms with Gasteiger partial charge in [0.1, 0.15) is 6.10 Å². The molecule has 16 heavy (non-hydrogen) atoms.